The zero-order valence-electron chi connectivity index (χ0n) is 13.4. The van der Waals surface area contributed by atoms with Gasteiger partial charge in [0, 0.05) is 11.6 Å². The molecule has 3 aromatic rings. The van der Waals surface area contributed by atoms with Gasteiger partial charge >= 0.3 is 5.97 Å². The van der Waals surface area contributed by atoms with Crippen LogP contribution in [-0.2, 0) is 21.7 Å². The van der Waals surface area contributed by atoms with Gasteiger partial charge in [0.2, 0.25) is 5.89 Å². The number of aromatic amines is 1. The number of ether oxygens (including phenoxy) is 1. The molecule has 2 aromatic heterocycles. The van der Waals surface area contributed by atoms with Gasteiger partial charge in [-0.15, -0.1) is 0 Å². The van der Waals surface area contributed by atoms with Crippen molar-refractivity contribution in [1.29, 1.82) is 0 Å². The molecule has 25 heavy (non-hydrogen) atoms. The standard InChI is InChI=1S/C17H15N3O4S/c1-23-16(22)8-12-7-14(21)20-17(19-12)25-10-15-18-9-13(24-15)11-5-3-2-4-6-11/h2-7,9H,8,10H2,1H3,(H,19,20,21). The van der Waals surface area contributed by atoms with Crippen molar-refractivity contribution in [3.05, 3.63) is 64.5 Å². The molecule has 8 heteroatoms. The molecule has 0 aliphatic carbocycles. The molecular weight excluding hydrogens is 342 g/mol. The molecule has 1 aromatic carbocycles. The number of thioether (sulfide) groups is 1. The lowest BCUT2D eigenvalue weighted by molar-refractivity contribution is -0.139. The van der Waals surface area contributed by atoms with Crippen molar-refractivity contribution in [1.82, 2.24) is 15.0 Å². The molecule has 7 nitrogen and oxygen atoms in total. The molecule has 0 saturated carbocycles. The summed E-state index contributed by atoms with van der Waals surface area (Å²) in [5, 5.41) is 0.394. The van der Waals surface area contributed by atoms with Crippen LogP contribution < -0.4 is 5.56 Å². The molecular formula is C17H15N3O4S. The number of carbonyl (C=O) groups excluding carboxylic acids is 1. The van der Waals surface area contributed by atoms with Gasteiger partial charge in [0.25, 0.3) is 5.56 Å². The number of methoxy groups -OCH3 is 1. The van der Waals surface area contributed by atoms with Gasteiger partial charge in [-0.1, -0.05) is 42.1 Å². The number of rotatable bonds is 6. The largest absolute Gasteiger partial charge is 0.469 e. The van der Waals surface area contributed by atoms with Crippen molar-refractivity contribution in [2.45, 2.75) is 17.3 Å². The number of nitrogens with zero attached hydrogens (tertiary/aromatic N) is 2. The van der Waals surface area contributed by atoms with Crippen LogP contribution in [0, 0.1) is 0 Å². The van der Waals surface area contributed by atoms with Crippen LogP contribution in [0.3, 0.4) is 0 Å². The van der Waals surface area contributed by atoms with Gasteiger partial charge in [0.15, 0.2) is 10.9 Å². The first-order valence-corrected chi connectivity index (χ1v) is 8.42. The molecule has 0 aliphatic rings. The highest BCUT2D eigenvalue weighted by atomic mass is 32.2. The van der Waals surface area contributed by atoms with Gasteiger partial charge in [0.05, 0.1) is 31.2 Å². The van der Waals surface area contributed by atoms with Gasteiger partial charge < -0.3 is 14.1 Å². The first-order chi connectivity index (χ1) is 12.1. The van der Waals surface area contributed by atoms with Crippen LogP contribution in [0.5, 0.6) is 0 Å². The third kappa shape index (κ3) is 4.57. The molecule has 0 amide bonds. The van der Waals surface area contributed by atoms with Crippen LogP contribution >= 0.6 is 11.8 Å². The van der Waals surface area contributed by atoms with Crippen LogP contribution in [-0.4, -0.2) is 28.0 Å². The molecule has 1 N–H and O–H groups in total. The number of H-pyrrole nitrogens is 1. The molecule has 0 spiro atoms. The predicted octanol–water partition coefficient (Wildman–Crippen LogP) is 2.43. The summed E-state index contributed by atoms with van der Waals surface area (Å²) in [6, 6.07) is 10.9. The van der Waals surface area contributed by atoms with Gasteiger partial charge in [0.1, 0.15) is 0 Å². The summed E-state index contributed by atoms with van der Waals surface area (Å²) in [5.74, 6) is 1.15. The quantitative estimate of drug-likeness (QED) is 0.411. The maximum Gasteiger partial charge on any atom is 0.311 e. The van der Waals surface area contributed by atoms with E-state index in [1.54, 1.807) is 6.20 Å². The zero-order chi connectivity index (χ0) is 17.6. The van der Waals surface area contributed by atoms with E-state index in [1.165, 1.54) is 24.9 Å². The first-order valence-electron chi connectivity index (χ1n) is 7.44. The summed E-state index contributed by atoms with van der Waals surface area (Å²) in [6.45, 7) is 0. The average molecular weight is 357 g/mol. The molecule has 3 rings (SSSR count). The minimum atomic E-state index is -0.450. The summed E-state index contributed by atoms with van der Waals surface area (Å²) < 4.78 is 10.3. The molecule has 0 radical (unpaired) electrons. The fourth-order valence-electron chi connectivity index (χ4n) is 2.11. The van der Waals surface area contributed by atoms with E-state index in [2.05, 4.69) is 19.7 Å². The average Bonchev–Trinajstić information content (AvgIpc) is 3.09. The lowest BCUT2D eigenvalue weighted by Crippen LogP contribution is -2.13. The molecule has 0 aliphatic heterocycles. The number of hydrogen-bond acceptors (Lipinski definition) is 7. The number of aromatic nitrogens is 3. The van der Waals surface area contributed by atoms with E-state index in [0.717, 1.165) is 5.56 Å². The molecule has 0 atom stereocenters. The minimum Gasteiger partial charge on any atom is -0.469 e. The Morgan fingerprint density at radius 1 is 1.32 bits per heavy atom. The van der Waals surface area contributed by atoms with Gasteiger partial charge in [-0.2, -0.15) is 0 Å². The Kier molecular flexibility index (Phi) is 5.30. The van der Waals surface area contributed by atoms with Gasteiger partial charge in [-0.3, -0.25) is 9.59 Å². The van der Waals surface area contributed by atoms with E-state index < -0.39 is 5.97 Å². The number of carbonyl (C=O) groups is 1. The Morgan fingerprint density at radius 3 is 2.88 bits per heavy atom. The second-order valence-corrected chi connectivity index (χ2v) is 6.03. The predicted molar refractivity (Wildman–Crippen MR) is 92.1 cm³/mol. The van der Waals surface area contributed by atoms with E-state index in [1.807, 2.05) is 30.3 Å². The summed E-state index contributed by atoms with van der Waals surface area (Å²) >= 11 is 1.27. The maximum atomic E-state index is 11.7. The second-order valence-electron chi connectivity index (χ2n) is 5.07. The Balaban J connectivity index is 1.69. The maximum absolute atomic E-state index is 11.7. The van der Waals surface area contributed by atoms with Crippen molar-refractivity contribution < 1.29 is 13.9 Å². The highest BCUT2D eigenvalue weighted by molar-refractivity contribution is 7.98. The normalized spacial score (nSPS) is 10.6. The van der Waals surface area contributed by atoms with E-state index in [-0.39, 0.29) is 12.0 Å². The third-order valence-corrected chi connectivity index (χ3v) is 4.13. The van der Waals surface area contributed by atoms with E-state index in [9.17, 15) is 9.59 Å². The molecule has 128 valence electrons. The number of oxazole rings is 1. The summed E-state index contributed by atoms with van der Waals surface area (Å²) in [5.41, 5.74) is 0.974. The lowest BCUT2D eigenvalue weighted by Gasteiger charge is -2.02. The Bertz CT molecular complexity index is 921. The van der Waals surface area contributed by atoms with Crippen molar-refractivity contribution in [2.24, 2.45) is 0 Å². The third-order valence-electron chi connectivity index (χ3n) is 3.27. The molecule has 0 fully saturated rings. The van der Waals surface area contributed by atoms with Crippen LogP contribution in [0.4, 0.5) is 0 Å². The number of esters is 1. The smallest absolute Gasteiger partial charge is 0.311 e. The van der Waals surface area contributed by atoms with E-state index in [4.69, 9.17) is 4.42 Å². The van der Waals surface area contributed by atoms with Crippen molar-refractivity contribution in [3.8, 4) is 11.3 Å². The summed E-state index contributed by atoms with van der Waals surface area (Å²) in [4.78, 5) is 34.1. The van der Waals surface area contributed by atoms with Gasteiger partial charge in [-0.05, 0) is 0 Å². The fraction of sp³-hybridized carbons (Fsp3) is 0.176. The highest BCUT2D eigenvalue weighted by Crippen LogP contribution is 2.23. The Hall–Kier alpha value is -2.87. The molecule has 0 bridgehead atoms. The summed E-state index contributed by atoms with van der Waals surface area (Å²) in [6.07, 6.45) is 1.61. The Morgan fingerprint density at radius 2 is 2.12 bits per heavy atom. The number of hydrogen-bond donors (Lipinski definition) is 1. The lowest BCUT2D eigenvalue weighted by atomic mass is 10.2. The minimum absolute atomic E-state index is 0.0505. The Labute approximate surface area is 147 Å². The van der Waals surface area contributed by atoms with Crippen LogP contribution in [0.25, 0.3) is 11.3 Å². The van der Waals surface area contributed by atoms with Crippen molar-refractivity contribution in [3.63, 3.8) is 0 Å². The number of benzene rings is 1. The number of nitrogens with one attached hydrogen (secondary N) is 1. The SMILES string of the molecule is COC(=O)Cc1cc(=O)[nH]c(SCc2ncc(-c3ccccc3)o2)n1. The van der Waals surface area contributed by atoms with E-state index >= 15 is 0 Å². The molecule has 0 saturated heterocycles. The van der Waals surface area contributed by atoms with Crippen molar-refractivity contribution >= 4 is 17.7 Å². The molecule has 2 heterocycles. The zero-order valence-corrected chi connectivity index (χ0v) is 14.2. The first kappa shape index (κ1) is 17.0. The topological polar surface area (TPSA) is 98.1 Å². The molecule has 0 unspecified atom stereocenters. The van der Waals surface area contributed by atoms with Crippen LogP contribution in [0.1, 0.15) is 11.6 Å². The van der Waals surface area contributed by atoms with Crippen molar-refractivity contribution in [2.75, 3.05) is 7.11 Å². The monoisotopic (exact) mass is 357 g/mol. The van der Waals surface area contributed by atoms with E-state index in [0.29, 0.717) is 28.3 Å². The van der Waals surface area contributed by atoms with Crippen LogP contribution in [0.2, 0.25) is 0 Å². The van der Waals surface area contributed by atoms with Gasteiger partial charge in [-0.25, -0.2) is 9.97 Å². The highest BCUT2D eigenvalue weighted by Gasteiger charge is 2.10. The van der Waals surface area contributed by atoms with Crippen LogP contribution in [0.15, 0.2) is 57.0 Å². The fourth-order valence-corrected chi connectivity index (χ4v) is 2.85. The summed E-state index contributed by atoms with van der Waals surface area (Å²) in [7, 11) is 1.29. The second kappa shape index (κ2) is 7.80.